The van der Waals surface area contributed by atoms with E-state index in [2.05, 4.69) is 32.9 Å². The zero-order valence-electron chi connectivity index (χ0n) is 15.4. The Morgan fingerprint density at radius 2 is 1.83 bits per heavy atom. The number of nitrogens with one attached hydrogen (secondary N) is 1. The highest BCUT2D eigenvalue weighted by Gasteiger charge is 2.39. The van der Waals surface area contributed by atoms with E-state index in [1.54, 1.807) is 30.3 Å². The van der Waals surface area contributed by atoms with Crippen LogP contribution in [0.1, 0.15) is 36.8 Å². The summed E-state index contributed by atoms with van der Waals surface area (Å²) in [5, 5.41) is 2.93. The molecule has 150 valence electrons. The molecule has 1 aliphatic heterocycles. The number of carbonyl (C=O) groups excluding carboxylic acids is 3. The van der Waals surface area contributed by atoms with E-state index in [-0.39, 0.29) is 22.3 Å². The number of hydrogen-bond donors (Lipinski definition) is 1. The van der Waals surface area contributed by atoms with Crippen LogP contribution in [-0.2, 0) is 0 Å². The molecule has 0 fully saturated rings. The molecule has 1 aliphatic rings. The summed E-state index contributed by atoms with van der Waals surface area (Å²) < 4.78 is 1.53. The van der Waals surface area contributed by atoms with Crippen molar-refractivity contribution in [2.75, 3.05) is 10.2 Å². The molecule has 0 saturated carbocycles. The monoisotopic (exact) mass is 643 g/mol. The zero-order chi connectivity index (χ0) is 21.6. The minimum Gasteiger partial charge on any atom is -0.320 e. The van der Waals surface area contributed by atoms with E-state index >= 15 is 0 Å². The van der Waals surface area contributed by atoms with Gasteiger partial charge in [0, 0.05) is 13.3 Å². The van der Waals surface area contributed by atoms with Gasteiger partial charge in [-0.1, -0.05) is 17.7 Å². The molecule has 0 bridgehead atoms. The number of rotatable bonds is 3. The molecule has 0 spiro atoms. The largest absolute Gasteiger partial charge is 0.320 e. The van der Waals surface area contributed by atoms with Gasteiger partial charge in [0.2, 0.25) is 0 Å². The SMILES string of the molecule is Cc1c(I)ccc2c1C(=O)N(c1cc(I)c(NC(=O)c3ccccn3)cc1Cl)C2=O. The van der Waals surface area contributed by atoms with Gasteiger partial charge in [-0.2, -0.15) is 0 Å². The van der Waals surface area contributed by atoms with Gasteiger partial charge < -0.3 is 5.32 Å². The van der Waals surface area contributed by atoms with Crippen LogP contribution < -0.4 is 10.2 Å². The van der Waals surface area contributed by atoms with Gasteiger partial charge in [0.05, 0.1) is 27.5 Å². The third kappa shape index (κ3) is 3.60. The lowest BCUT2D eigenvalue weighted by Gasteiger charge is -2.18. The number of benzene rings is 2. The number of amides is 3. The summed E-state index contributed by atoms with van der Waals surface area (Å²) in [5.74, 6) is -1.21. The Labute approximate surface area is 204 Å². The summed E-state index contributed by atoms with van der Waals surface area (Å²) in [6.07, 6.45) is 1.53. The molecule has 0 atom stereocenters. The Morgan fingerprint density at radius 3 is 2.53 bits per heavy atom. The summed E-state index contributed by atoms with van der Waals surface area (Å²) in [6, 6.07) is 11.6. The lowest BCUT2D eigenvalue weighted by atomic mass is 10.0. The summed E-state index contributed by atoms with van der Waals surface area (Å²) in [5.41, 5.74) is 2.51. The van der Waals surface area contributed by atoms with Crippen LogP contribution in [-0.4, -0.2) is 22.7 Å². The van der Waals surface area contributed by atoms with Crippen LogP contribution in [0.3, 0.4) is 0 Å². The molecule has 3 aromatic rings. The highest BCUT2D eigenvalue weighted by atomic mass is 127. The van der Waals surface area contributed by atoms with Crippen molar-refractivity contribution in [2.45, 2.75) is 6.92 Å². The van der Waals surface area contributed by atoms with Crippen molar-refractivity contribution >= 4 is 85.9 Å². The Morgan fingerprint density at radius 1 is 1.07 bits per heavy atom. The summed E-state index contributed by atoms with van der Waals surface area (Å²) >= 11 is 10.6. The fraction of sp³-hybridized carbons (Fsp3) is 0.0476. The van der Waals surface area contributed by atoms with Crippen LogP contribution >= 0.6 is 56.8 Å². The van der Waals surface area contributed by atoms with Gasteiger partial charge in [0.15, 0.2) is 0 Å². The number of carbonyl (C=O) groups is 3. The molecule has 1 N–H and O–H groups in total. The van der Waals surface area contributed by atoms with Gasteiger partial charge in [0.1, 0.15) is 5.69 Å². The van der Waals surface area contributed by atoms with Crippen molar-refractivity contribution in [3.8, 4) is 0 Å². The molecule has 0 radical (unpaired) electrons. The first-order valence-electron chi connectivity index (χ1n) is 8.69. The molecule has 6 nitrogen and oxygen atoms in total. The lowest BCUT2D eigenvalue weighted by Crippen LogP contribution is -2.30. The van der Waals surface area contributed by atoms with E-state index < -0.39 is 11.8 Å². The maximum atomic E-state index is 13.1. The van der Waals surface area contributed by atoms with Gasteiger partial charge in [-0.15, -0.1) is 0 Å². The van der Waals surface area contributed by atoms with E-state index in [0.29, 0.717) is 20.4 Å². The average Bonchev–Trinajstić information content (AvgIpc) is 2.98. The van der Waals surface area contributed by atoms with E-state index in [1.807, 2.05) is 35.6 Å². The van der Waals surface area contributed by atoms with Crippen LogP contribution in [0.2, 0.25) is 5.02 Å². The first-order valence-corrected chi connectivity index (χ1v) is 11.2. The molecule has 30 heavy (non-hydrogen) atoms. The van der Waals surface area contributed by atoms with Gasteiger partial charge in [-0.05, 0) is 94.1 Å². The molecular formula is C21H12ClI2N3O3. The average molecular weight is 644 g/mol. The summed E-state index contributed by atoms with van der Waals surface area (Å²) in [6.45, 7) is 1.82. The summed E-state index contributed by atoms with van der Waals surface area (Å²) in [4.78, 5) is 43.5. The summed E-state index contributed by atoms with van der Waals surface area (Å²) in [7, 11) is 0. The molecule has 0 unspecified atom stereocenters. The van der Waals surface area contributed by atoms with Crippen molar-refractivity contribution in [1.29, 1.82) is 0 Å². The van der Waals surface area contributed by atoms with Crippen LogP contribution in [0.5, 0.6) is 0 Å². The van der Waals surface area contributed by atoms with E-state index in [9.17, 15) is 14.4 Å². The lowest BCUT2D eigenvalue weighted by molar-refractivity contribution is 0.0924. The van der Waals surface area contributed by atoms with Gasteiger partial charge in [-0.25, -0.2) is 4.90 Å². The Hall–Kier alpha value is -2.05. The maximum absolute atomic E-state index is 13.1. The normalized spacial score (nSPS) is 12.9. The number of imide groups is 1. The number of anilines is 2. The molecular weight excluding hydrogens is 632 g/mol. The van der Waals surface area contributed by atoms with Crippen molar-refractivity contribution < 1.29 is 14.4 Å². The number of nitrogens with zero attached hydrogens (tertiary/aromatic N) is 2. The Kier molecular flexibility index (Phi) is 5.82. The predicted molar refractivity (Wildman–Crippen MR) is 131 cm³/mol. The third-order valence-electron chi connectivity index (χ3n) is 4.67. The molecule has 1 aromatic heterocycles. The molecule has 0 aliphatic carbocycles. The minimum atomic E-state index is -0.419. The van der Waals surface area contributed by atoms with E-state index in [0.717, 1.165) is 14.0 Å². The number of pyridine rings is 1. The van der Waals surface area contributed by atoms with E-state index in [4.69, 9.17) is 11.6 Å². The molecule has 2 aromatic carbocycles. The molecule has 4 rings (SSSR count). The van der Waals surface area contributed by atoms with Crippen LogP contribution in [0.15, 0.2) is 48.7 Å². The Balaban J connectivity index is 1.69. The van der Waals surface area contributed by atoms with Crippen molar-refractivity contribution in [1.82, 2.24) is 4.98 Å². The smallest absolute Gasteiger partial charge is 0.274 e. The first-order chi connectivity index (χ1) is 14.3. The van der Waals surface area contributed by atoms with Crippen LogP contribution in [0, 0.1) is 14.1 Å². The second-order valence-electron chi connectivity index (χ2n) is 6.49. The highest BCUT2D eigenvalue weighted by Crippen LogP contribution is 2.38. The first kappa shape index (κ1) is 21.2. The standard InChI is InChI=1S/C21H12ClI2N3O3/c1-10-13(23)6-5-11-18(10)21(30)27(20(11)29)17-9-14(24)16(8-12(17)22)26-19(28)15-4-2-3-7-25-15/h2-9H,1H3,(H,26,28). The number of aromatic nitrogens is 1. The second-order valence-corrected chi connectivity index (χ2v) is 9.22. The fourth-order valence-corrected chi connectivity index (χ4v) is 4.45. The topological polar surface area (TPSA) is 79.4 Å². The zero-order valence-corrected chi connectivity index (χ0v) is 20.4. The second kappa shape index (κ2) is 8.23. The number of hydrogen-bond acceptors (Lipinski definition) is 4. The molecule has 2 heterocycles. The molecule has 0 saturated heterocycles. The maximum Gasteiger partial charge on any atom is 0.274 e. The van der Waals surface area contributed by atoms with Crippen molar-refractivity contribution in [3.63, 3.8) is 0 Å². The van der Waals surface area contributed by atoms with Crippen LogP contribution in [0.4, 0.5) is 11.4 Å². The molecule has 9 heteroatoms. The van der Waals surface area contributed by atoms with E-state index in [1.165, 1.54) is 12.3 Å². The van der Waals surface area contributed by atoms with Crippen molar-refractivity contribution in [2.24, 2.45) is 0 Å². The fourth-order valence-electron chi connectivity index (χ4n) is 3.17. The van der Waals surface area contributed by atoms with Crippen molar-refractivity contribution in [3.05, 3.63) is 83.2 Å². The quantitative estimate of drug-likeness (QED) is 0.310. The predicted octanol–water partition coefficient (Wildman–Crippen LogP) is 5.31. The third-order valence-corrected chi connectivity index (χ3v) is 7.04. The Bertz CT molecular complexity index is 1230. The van der Waals surface area contributed by atoms with Crippen LogP contribution in [0.25, 0.3) is 0 Å². The molecule has 3 amide bonds. The highest BCUT2D eigenvalue weighted by molar-refractivity contribution is 14.1. The van der Waals surface area contributed by atoms with Gasteiger partial charge >= 0.3 is 0 Å². The van der Waals surface area contributed by atoms with Gasteiger partial charge in [-0.3, -0.25) is 19.4 Å². The minimum absolute atomic E-state index is 0.175. The number of fused-ring (bicyclic) bond motifs is 1. The number of halogens is 3. The van der Waals surface area contributed by atoms with Gasteiger partial charge in [0.25, 0.3) is 17.7 Å².